The standard InChI is InChI=1S/C15H18BF3N2O2/c1-8-11(15(17,18)19)10-6-9(7-20-12(10)21-8)16-22-13(2,3)14(4,5)23-16/h6-7H,1-5H3,(H,20,21). The second-order valence-electron chi connectivity index (χ2n) is 6.88. The summed E-state index contributed by atoms with van der Waals surface area (Å²) in [4.78, 5) is 6.77. The summed E-state index contributed by atoms with van der Waals surface area (Å²) in [6.45, 7) is 8.95. The molecular formula is C15H18BF3N2O2. The molecule has 0 aromatic carbocycles. The number of aromatic amines is 1. The predicted molar refractivity (Wildman–Crippen MR) is 81.5 cm³/mol. The normalized spacial score (nSPS) is 20.4. The van der Waals surface area contributed by atoms with Gasteiger partial charge in [-0.3, -0.25) is 0 Å². The van der Waals surface area contributed by atoms with E-state index in [2.05, 4.69) is 9.97 Å². The number of pyridine rings is 1. The zero-order valence-corrected chi connectivity index (χ0v) is 13.6. The van der Waals surface area contributed by atoms with Crippen molar-refractivity contribution >= 4 is 23.6 Å². The van der Waals surface area contributed by atoms with Crippen molar-refractivity contribution in [1.29, 1.82) is 0 Å². The summed E-state index contributed by atoms with van der Waals surface area (Å²) in [6.07, 6.45) is -2.96. The summed E-state index contributed by atoms with van der Waals surface area (Å²) < 4.78 is 51.5. The first kappa shape index (κ1) is 16.3. The zero-order valence-electron chi connectivity index (χ0n) is 13.6. The molecule has 2 aromatic rings. The number of halogens is 3. The van der Waals surface area contributed by atoms with Crippen LogP contribution in [0, 0.1) is 6.92 Å². The third kappa shape index (κ3) is 2.53. The molecule has 3 heterocycles. The largest absolute Gasteiger partial charge is 0.496 e. The Bertz CT molecular complexity index is 752. The van der Waals surface area contributed by atoms with E-state index in [1.54, 1.807) is 0 Å². The van der Waals surface area contributed by atoms with E-state index in [0.717, 1.165) is 0 Å². The van der Waals surface area contributed by atoms with E-state index in [-0.39, 0.29) is 16.7 Å². The lowest BCUT2D eigenvalue weighted by Gasteiger charge is -2.32. The fourth-order valence-electron chi connectivity index (χ4n) is 2.69. The second-order valence-corrected chi connectivity index (χ2v) is 6.88. The number of fused-ring (bicyclic) bond motifs is 1. The Hall–Kier alpha value is -1.54. The first-order valence-electron chi connectivity index (χ1n) is 7.33. The Kier molecular flexibility index (Phi) is 3.36. The summed E-state index contributed by atoms with van der Waals surface area (Å²) >= 11 is 0. The summed E-state index contributed by atoms with van der Waals surface area (Å²) in [5, 5.41) is 0.0298. The highest BCUT2D eigenvalue weighted by atomic mass is 19.4. The van der Waals surface area contributed by atoms with Crippen LogP contribution in [0.3, 0.4) is 0 Å². The van der Waals surface area contributed by atoms with Crippen LogP contribution in [0.5, 0.6) is 0 Å². The van der Waals surface area contributed by atoms with Crippen LogP contribution in [0.2, 0.25) is 0 Å². The average Bonchev–Trinajstić information content (AvgIpc) is 2.81. The zero-order chi connectivity index (χ0) is 17.2. The van der Waals surface area contributed by atoms with Gasteiger partial charge in [-0.15, -0.1) is 0 Å². The maximum atomic E-state index is 13.3. The van der Waals surface area contributed by atoms with E-state index in [0.29, 0.717) is 5.46 Å². The highest BCUT2D eigenvalue weighted by molar-refractivity contribution is 6.62. The van der Waals surface area contributed by atoms with Crippen LogP contribution in [0.4, 0.5) is 13.2 Å². The van der Waals surface area contributed by atoms with Gasteiger partial charge in [0.05, 0.1) is 16.8 Å². The predicted octanol–water partition coefficient (Wildman–Crippen LogP) is 3.19. The van der Waals surface area contributed by atoms with Crippen molar-refractivity contribution < 1.29 is 22.5 Å². The summed E-state index contributed by atoms with van der Waals surface area (Å²) in [7, 11) is -0.742. The molecule has 0 amide bonds. The lowest BCUT2D eigenvalue weighted by Crippen LogP contribution is -2.41. The van der Waals surface area contributed by atoms with Crippen molar-refractivity contribution in [2.75, 3.05) is 0 Å². The maximum Gasteiger partial charge on any atom is 0.496 e. The Labute approximate surface area is 132 Å². The van der Waals surface area contributed by atoms with Gasteiger partial charge in [0, 0.05) is 22.7 Å². The number of nitrogens with one attached hydrogen (secondary N) is 1. The van der Waals surface area contributed by atoms with Crippen molar-refractivity contribution in [3.63, 3.8) is 0 Å². The Balaban J connectivity index is 2.08. The molecule has 1 fully saturated rings. The van der Waals surface area contributed by atoms with Gasteiger partial charge in [-0.1, -0.05) is 0 Å². The number of hydrogen-bond donors (Lipinski definition) is 1. The van der Waals surface area contributed by atoms with Crippen LogP contribution in [0.1, 0.15) is 39.0 Å². The molecule has 1 saturated heterocycles. The molecule has 0 radical (unpaired) electrons. The summed E-state index contributed by atoms with van der Waals surface area (Å²) in [6, 6.07) is 1.44. The van der Waals surface area contributed by atoms with Gasteiger partial charge >= 0.3 is 13.3 Å². The van der Waals surface area contributed by atoms with E-state index in [9.17, 15) is 13.2 Å². The minimum Gasteiger partial charge on any atom is -0.399 e. The molecule has 1 N–H and O–H groups in total. The number of H-pyrrole nitrogens is 1. The van der Waals surface area contributed by atoms with Crippen molar-refractivity contribution in [2.24, 2.45) is 0 Å². The fourth-order valence-corrected chi connectivity index (χ4v) is 2.69. The molecule has 0 spiro atoms. The van der Waals surface area contributed by atoms with E-state index < -0.39 is 30.1 Å². The van der Waals surface area contributed by atoms with Crippen molar-refractivity contribution in [3.05, 3.63) is 23.5 Å². The quantitative estimate of drug-likeness (QED) is 0.819. The minimum absolute atomic E-state index is 0.0298. The minimum atomic E-state index is -4.45. The fraction of sp³-hybridized carbons (Fsp3) is 0.533. The lowest BCUT2D eigenvalue weighted by atomic mass is 9.80. The molecule has 0 saturated carbocycles. The first-order valence-corrected chi connectivity index (χ1v) is 7.33. The van der Waals surface area contributed by atoms with Crippen molar-refractivity contribution in [3.8, 4) is 0 Å². The van der Waals surface area contributed by atoms with Gasteiger partial charge in [0.25, 0.3) is 0 Å². The maximum absolute atomic E-state index is 13.3. The SMILES string of the molecule is Cc1[nH]c2ncc(B3OC(C)(C)C(C)(C)O3)cc2c1C(F)(F)F. The summed E-state index contributed by atoms with van der Waals surface area (Å²) in [5.74, 6) is 0. The highest BCUT2D eigenvalue weighted by Gasteiger charge is 2.52. The number of rotatable bonds is 1. The number of aromatic nitrogens is 2. The third-order valence-corrected chi connectivity index (χ3v) is 4.67. The lowest BCUT2D eigenvalue weighted by molar-refractivity contribution is -0.136. The average molecular weight is 326 g/mol. The van der Waals surface area contributed by atoms with Gasteiger partial charge in [-0.05, 0) is 40.7 Å². The van der Waals surface area contributed by atoms with Gasteiger partial charge in [0.2, 0.25) is 0 Å². The number of alkyl halides is 3. The molecule has 124 valence electrons. The van der Waals surface area contributed by atoms with Gasteiger partial charge < -0.3 is 14.3 Å². The molecule has 0 bridgehead atoms. The van der Waals surface area contributed by atoms with Gasteiger partial charge in [-0.2, -0.15) is 13.2 Å². The summed E-state index contributed by atoms with van der Waals surface area (Å²) in [5.41, 5.74) is -1.10. The molecule has 0 aliphatic carbocycles. The molecule has 4 nitrogen and oxygen atoms in total. The molecule has 3 rings (SSSR count). The molecule has 23 heavy (non-hydrogen) atoms. The molecular weight excluding hydrogens is 308 g/mol. The van der Waals surface area contributed by atoms with Crippen LogP contribution >= 0.6 is 0 Å². The molecule has 0 atom stereocenters. The molecule has 1 aliphatic rings. The molecule has 2 aromatic heterocycles. The van der Waals surface area contributed by atoms with E-state index in [4.69, 9.17) is 9.31 Å². The van der Waals surface area contributed by atoms with Crippen LogP contribution in [-0.2, 0) is 15.5 Å². The molecule has 0 unspecified atom stereocenters. The van der Waals surface area contributed by atoms with Gasteiger partial charge in [0.15, 0.2) is 0 Å². The Morgan fingerprint density at radius 1 is 1.13 bits per heavy atom. The monoisotopic (exact) mass is 326 g/mol. The van der Waals surface area contributed by atoms with E-state index in [1.165, 1.54) is 19.2 Å². The first-order chi connectivity index (χ1) is 10.4. The van der Waals surface area contributed by atoms with E-state index >= 15 is 0 Å². The van der Waals surface area contributed by atoms with Crippen LogP contribution in [0.25, 0.3) is 11.0 Å². The van der Waals surface area contributed by atoms with Gasteiger partial charge in [-0.25, -0.2) is 4.98 Å². The van der Waals surface area contributed by atoms with Crippen molar-refractivity contribution in [1.82, 2.24) is 9.97 Å². The highest BCUT2D eigenvalue weighted by Crippen LogP contribution is 2.38. The van der Waals surface area contributed by atoms with Crippen LogP contribution in [0.15, 0.2) is 12.3 Å². The smallest absolute Gasteiger partial charge is 0.399 e. The number of aryl methyl sites for hydroxylation is 1. The number of nitrogens with zero attached hydrogens (tertiary/aromatic N) is 1. The van der Waals surface area contributed by atoms with E-state index in [1.807, 2.05) is 27.7 Å². The number of hydrogen-bond acceptors (Lipinski definition) is 3. The van der Waals surface area contributed by atoms with Crippen LogP contribution < -0.4 is 5.46 Å². The molecule has 1 aliphatic heterocycles. The molecule has 8 heteroatoms. The van der Waals surface area contributed by atoms with Crippen LogP contribution in [-0.4, -0.2) is 28.3 Å². The second kappa shape index (κ2) is 4.74. The Morgan fingerprint density at radius 2 is 1.70 bits per heavy atom. The Morgan fingerprint density at radius 3 is 2.22 bits per heavy atom. The third-order valence-electron chi connectivity index (χ3n) is 4.67. The topological polar surface area (TPSA) is 47.1 Å². The van der Waals surface area contributed by atoms with Gasteiger partial charge in [0.1, 0.15) is 5.65 Å². The van der Waals surface area contributed by atoms with Crippen molar-refractivity contribution in [2.45, 2.75) is 52.0 Å².